The molecule has 0 aliphatic rings. The van der Waals surface area contributed by atoms with Gasteiger partial charge in [-0.05, 0) is 12.5 Å². The standard InChI is InChI=1S/C9H11F2N/c1-6(12)7-4-2-3-5-8(7)9(10)11/h2-6,9H,12H2,1H3. The van der Waals surface area contributed by atoms with Gasteiger partial charge in [-0.3, -0.25) is 0 Å². The van der Waals surface area contributed by atoms with Gasteiger partial charge in [0.05, 0.1) is 0 Å². The summed E-state index contributed by atoms with van der Waals surface area (Å²) in [6.45, 7) is 1.70. The van der Waals surface area contributed by atoms with Gasteiger partial charge in [0.25, 0.3) is 6.43 Å². The average molecular weight is 171 g/mol. The number of rotatable bonds is 2. The third-order valence-electron chi connectivity index (χ3n) is 1.72. The van der Waals surface area contributed by atoms with Crippen LogP contribution in [-0.2, 0) is 0 Å². The molecule has 0 fully saturated rings. The molecule has 0 heterocycles. The molecule has 66 valence electrons. The summed E-state index contributed by atoms with van der Waals surface area (Å²) in [5.41, 5.74) is 6.07. The Kier molecular flexibility index (Phi) is 2.76. The topological polar surface area (TPSA) is 26.0 Å². The highest BCUT2D eigenvalue weighted by molar-refractivity contribution is 5.30. The molecular formula is C9H11F2N. The second-order valence-electron chi connectivity index (χ2n) is 2.72. The molecule has 1 atom stereocenters. The Morgan fingerprint density at radius 2 is 1.67 bits per heavy atom. The van der Waals surface area contributed by atoms with E-state index in [1.165, 1.54) is 6.07 Å². The molecule has 3 heteroatoms. The molecule has 0 saturated heterocycles. The van der Waals surface area contributed by atoms with Crippen molar-refractivity contribution in [1.82, 2.24) is 0 Å². The highest BCUT2D eigenvalue weighted by atomic mass is 19.3. The zero-order valence-corrected chi connectivity index (χ0v) is 6.80. The smallest absolute Gasteiger partial charge is 0.264 e. The van der Waals surface area contributed by atoms with Crippen molar-refractivity contribution in [2.75, 3.05) is 0 Å². The first kappa shape index (κ1) is 9.13. The number of halogens is 2. The molecule has 0 aromatic heterocycles. The van der Waals surface area contributed by atoms with Gasteiger partial charge in [0.2, 0.25) is 0 Å². The first-order chi connectivity index (χ1) is 5.63. The molecule has 1 rings (SSSR count). The highest BCUT2D eigenvalue weighted by Crippen LogP contribution is 2.25. The van der Waals surface area contributed by atoms with Gasteiger partial charge in [-0.15, -0.1) is 0 Å². The molecule has 12 heavy (non-hydrogen) atoms. The summed E-state index contributed by atoms with van der Waals surface area (Å²) in [5, 5.41) is 0. The van der Waals surface area contributed by atoms with Crippen LogP contribution in [0.15, 0.2) is 24.3 Å². The lowest BCUT2D eigenvalue weighted by Crippen LogP contribution is -2.08. The minimum atomic E-state index is -2.44. The Hall–Kier alpha value is -0.960. The Morgan fingerprint density at radius 1 is 1.17 bits per heavy atom. The van der Waals surface area contributed by atoms with E-state index in [2.05, 4.69) is 0 Å². The Bertz CT molecular complexity index is 231. The molecular weight excluding hydrogens is 160 g/mol. The van der Waals surface area contributed by atoms with Gasteiger partial charge in [0.15, 0.2) is 0 Å². The molecule has 0 aliphatic heterocycles. The molecule has 1 aromatic rings. The SMILES string of the molecule is CC(N)c1ccccc1C(F)F. The third kappa shape index (κ3) is 1.80. The van der Waals surface area contributed by atoms with Crippen molar-refractivity contribution in [1.29, 1.82) is 0 Å². The lowest BCUT2D eigenvalue weighted by molar-refractivity contribution is 0.150. The maximum atomic E-state index is 12.3. The van der Waals surface area contributed by atoms with Crippen LogP contribution in [0.3, 0.4) is 0 Å². The van der Waals surface area contributed by atoms with Crippen LogP contribution in [0.5, 0.6) is 0 Å². The zero-order valence-electron chi connectivity index (χ0n) is 6.80. The van der Waals surface area contributed by atoms with E-state index in [1.807, 2.05) is 0 Å². The number of alkyl halides is 2. The largest absolute Gasteiger partial charge is 0.324 e. The molecule has 1 nitrogen and oxygen atoms in total. The van der Waals surface area contributed by atoms with E-state index in [9.17, 15) is 8.78 Å². The summed E-state index contributed by atoms with van der Waals surface area (Å²) < 4.78 is 24.7. The van der Waals surface area contributed by atoms with Crippen LogP contribution in [0.4, 0.5) is 8.78 Å². The van der Waals surface area contributed by atoms with Gasteiger partial charge in [0, 0.05) is 11.6 Å². The van der Waals surface area contributed by atoms with Crippen molar-refractivity contribution in [2.45, 2.75) is 19.4 Å². The molecule has 0 aliphatic carbocycles. The predicted octanol–water partition coefficient (Wildman–Crippen LogP) is 2.64. The molecule has 0 bridgehead atoms. The summed E-state index contributed by atoms with van der Waals surface area (Å²) in [5.74, 6) is 0. The fourth-order valence-electron chi connectivity index (χ4n) is 1.12. The van der Waals surface area contributed by atoms with E-state index >= 15 is 0 Å². The maximum Gasteiger partial charge on any atom is 0.264 e. The molecule has 0 spiro atoms. The van der Waals surface area contributed by atoms with Crippen LogP contribution in [0.25, 0.3) is 0 Å². The highest BCUT2D eigenvalue weighted by Gasteiger charge is 2.13. The van der Waals surface area contributed by atoms with E-state index < -0.39 is 6.43 Å². The zero-order chi connectivity index (χ0) is 9.14. The summed E-state index contributed by atoms with van der Waals surface area (Å²) >= 11 is 0. The number of hydrogen-bond acceptors (Lipinski definition) is 1. The van der Waals surface area contributed by atoms with Crippen LogP contribution in [0, 0.1) is 0 Å². The van der Waals surface area contributed by atoms with E-state index in [-0.39, 0.29) is 11.6 Å². The molecule has 0 radical (unpaired) electrons. The first-order valence-corrected chi connectivity index (χ1v) is 3.75. The van der Waals surface area contributed by atoms with E-state index in [4.69, 9.17) is 5.73 Å². The monoisotopic (exact) mass is 171 g/mol. The van der Waals surface area contributed by atoms with Crippen molar-refractivity contribution >= 4 is 0 Å². The molecule has 0 amide bonds. The Labute approximate surface area is 70.2 Å². The predicted molar refractivity (Wildman–Crippen MR) is 44.0 cm³/mol. The molecule has 0 saturated carbocycles. The molecule has 2 N–H and O–H groups in total. The third-order valence-corrected chi connectivity index (χ3v) is 1.72. The number of nitrogens with two attached hydrogens (primary N) is 1. The second-order valence-corrected chi connectivity index (χ2v) is 2.72. The minimum Gasteiger partial charge on any atom is -0.324 e. The van der Waals surface area contributed by atoms with Crippen LogP contribution < -0.4 is 5.73 Å². The minimum absolute atomic E-state index is 0.0347. The Morgan fingerprint density at radius 3 is 2.00 bits per heavy atom. The average Bonchev–Trinajstić information content (AvgIpc) is 2.04. The van der Waals surface area contributed by atoms with Gasteiger partial charge >= 0.3 is 0 Å². The quantitative estimate of drug-likeness (QED) is 0.727. The van der Waals surface area contributed by atoms with Gasteiger partial charge in [-0.25, -0.2) is 8.78 Å². The molecule has 1 unspecified atom stereocenters. The van der Waals surface area contributed by atoms with Gasteiger partial charge < -0.3 is 5.73 Å². The summed E-state index contributed by atoms with van der Waals surface area (Å²) in [6.07, 6.45) is -2.44. The summed E-state index contributed by atoms with van der Waals surface area (Å²) in [7, 11) is 0. The van der Waals surface area contributed by atoms with Crippen molar-refractivity contribution < 1.29 is 8.78 Å². The van der Waals surface area contributed by atoms with Crippen LogP contribution >= 0.6 is 0 Å². The van der Waals surface area contributed by atoms with Crippen molar-refractivity contribution in [3.05, 3.63) is 35.4 Å². The second kappa shape index (κ2) is 3.63. The van der Waals surface area contributed by atoms with E-state index in [0.717, 1.165) is 0 Å². The van der Waals surface area contributed by atoms with Crippen LogP contribution in [0.2, 0.25) is 0 Å². The maximum absolute atomic E-state index is 12.3. The number of benzene rings is 1. The lowest BCUT2D eigenvalue weighted by Gasteiger charge is -2.10. The van der Waals surface area contributed by atoms with E-state index in [0.29, 0.717) is 5.56 Å². The van der Waals surface area contributed by atoms with Crippen molar-refractivity contribution in [2.24, 2.45) is 5.73 Å². The first-order valence-electron chi connectivity index (χ1n) is 3.75. The summed E-state index contributed by atoms with van der Waals surface area (Å²) in [6, 6.07) is 6.00. The van der Waals surface area contributed by atoms with Crippen LogP contribution in [0.1, 0.15) is 30.5 Å². The van der Waals surface area contributed by atoms with Gasteiger partial charge in [-0.1, -0.05) is 24.3 Å². The molecule has 1 aromatic carbocycles. The van der Waals surface area contributed by atoms with Crippen molar-refractivity contribution in [3.8, 4) is 0 Å². The summed E-state index contributed by atoms with van der Waals surface area (Å²) in [4.78, 5) is 0. The van der Waals surface area contributed by atoms with Crippen LogP contribution in [-0.4, -0.2) is 0 Å². The Balaban J connectivity index is 3.09. The normalized spacial score (nSPS) is 13.4. The van der Waals surface area contributed by atoms with Crippen molar-refractivity contribution in [3.63, 3.8) is 0 Å². The van der Waals surface area contributed by atoms with E-state index in [1.54, 1.807) is 25.1 Å². The lowest BCUT2D eigenvalue weighted by atomic mass is 10.0. The fraction of sp³-hybridized carbons (Fsp3) is 0.333. The van der Waals surface area contributed by atoms with Gasteiger partial charge in [0.1, 0.15) is 0 Å². The number of hydrogen-bond donors (Lipinski definition) is 1. The van der Waals surface area contributed by atoms with Gasteiger partial charge in [-0.2, -0.15) is 0 Å². The fourth-order valence-corrected chi connectivity index (χ4v) is 1.12.